The zero-order valence-corrected chi connectivity index (χ0v) is 10.1. The Hall–Kier alpha value is -2.17. The third kappa shape index (κ3) is 1.59. The normalized spacial score (nSPS) is 22.1. The minimum absolute atomic E-state index is 0.0939. The van der Waals surface area contributed by atoms with Crippen molar-refractivity contribution in [3.63, 3.8) is 0 Å². The summed E-state index contributed by atoms with van der Waals surface area (Å²) in [6.07, 6.45) is 0. The molecule has 1 aromatic rings. The maximum absolute atomic E-state index is 12.3. The molecule has 94 valence electrons. The number of Topliss-reactive ketones (excluding diaryl/α,β-unsaturated/α-hetero) is 1. The minimum Gasteiger partial charge on any atom is -0.465 e. The molecule has 1 aliphatic heterocycles. The fourth-order valence-electron chi connectivity index (χ4n) is 1.76. The highest BCUT2D eigenvalue weighted by atomic mass is 16.6. The summed E-state index contributed by atoms with van der Waals surface area (Å²) < 4.78 is 9.80. The average molecular weight is 248 g/mol. The molecule has 0 aromatic heterocycles. The summed E-state index contributed by atoms with van der Waals surface area (Å²) in [6, 6.07) is 6.31. The van der Waals surface area contributed by atoms with Crippen molar-refractivity contribution in [3.05, 3.63) is 29.8 Å². The molecular formula is C13H12O5. The summed E-state index contributed by atoms with van der Waals surface area (Å²) in [4.78, 5) is 35.9. The van der Waals surface area contributed by atoms with Gasteiger partial charge in [-0.2, -0.15) is 0 Å². The number of benzene rings is 1. The van der Waals surface area contributed by atoms with Crippen LogP contribution in [0.3, 0.4) is 0 Å². The van der Waals surface area contributed by atoms with Gasteiger partial charge in [-0.15, -0.1) is 0 Å². The fraction of sp³-hybridized carbons (Fsp3) is 0.308. The van der Waals surface area contributed by atoms with Gasteiger partial charge in [-0.05, 0) is 26.0 Å². The molecule has 1 aliphatic rings. The number of carbonyl (C=O) groups is 3. The highest BCUT2D eigenvalue weighted by molar-refractivity contribution is 6.27. The summed E-state index contributed by atoms with van der Waals surface area (Å²) in [7, 11) is 0. The van der Waals surface area contributed by atoms with E-state index < -0.39 is 23.1 Å². The van der Waals surface area contributed by atoms with E-state index in [2.05, 4.69) is 0 Å². The van der Waals surface area contributed by atoms with Crippen LogP contribution in [0, 0.1) is 5.41 Å². The van der Waals surface area contributed by atoms with Crippen molar-refractivity contribution >= 4 is 17.7 Å². The number of rotatable bonds is 2. The molecule has 0 aliphatic carbocycles. The molecule has 18 heavy (non-hydrogen) atoms. The van der Waals surface area contributed by atoms with E-state index in [9.17, 15) is 14.4 Å². The SMILES string of the molecule is CCOC(=O)C1(C)C(=O)Oc2ccccc2C1=O. The number of ether oxygens (including phenoxy) is 2. The average Bonchev–Trinajstić information content (AvgIpc) is 2.36. The number of carbonyl (C=O) groups excluding carboxylic acids is 3. The molecule has 1 unspecified atom stereocenters. The zero-order valence-electron chi connectivity index (χ0n) is 10.1. The van der Waals surface area contributed by atoms with Gasteiger partial charge in [-0.25, -0.2) is 4.79 Å². The van der Waals surface area contributed by atoms with E-state index in [-0.39, 0.29) is 17.9 Å². The van der Waals surface area contributed by atoms with Crippen LogP contribution in [0.5, 0.6) is 5.75 Å². The first-order chi connectivity index (χ1) is 8.51. The van der Waals surface area contributed by atoms with E-state index in [1.54, 1.807) is 19.1 Å². The Morgan fingerprint density at radius 1 is 1.33 bits per heavy atom. The van der Waals surface area contributed by atoms with Crippen LogP contribution in [0.25, 0.3) is 0 Å². The number of ketones is 1. The van der Waals surface area contributed by atoms with Crippen molar-refractivity contribution < 1.29 is 23.9 Å². The van der Waals surface area contributed by atoms with Crippen LogP contribution in [-0.2, 0) is 14.3 Å². The number of hydrogen-bond donors (Lipinski definition) is 0. The topological polar surface area (TPSA) is 69.7 Å². The largest absolute Gasteiger partial charge is 0.465 e. The molecule has 1 heterocycles. The molecule has 5 nitrogen and oxygen atoms in total. The van der Waals surface area contributed by atoms with Crippen LogP contribution in [-0.4, -0.2) is 24.3 Å². The lowest BCUT2D eigenvalue weighted by Crippen LogP contribution is -2.50. The third-order valence-electron chi connectivity index (χ3n) is 2.88. The van der Waals surface area contributed by atoms with Crippen LogP contribution in [0.2, 0.25) is 0 Å². The lowest BCUT2D eigenvalue weighted by atomic mass is 9.80. The summed E-state index contributed by atoms with van der Waals surface area (Å²) in [6.45, 7) is 2.93. The van der Waals surface area contributed by atoms with Crippen LogP contribution in [0.15, 0.2) is 24.3 Å². The van der Waals surface area contributed by atoms with E-state index in [1.165, 1.54) is 19.1 Å². The summed E-state index contributed by atoms with van der Waals surface area (Å²) in [5, 5.41) is 0. The Balaban J connectivity index is 2.50. The highest BCUT2D eigenvalue weighted by Crippen LogP contribution is 2.36. The van der Waals surface area contributed by atoms with Gasteiger partial charge in [0, 0.05) is 0 Å². The molecular weight excluding hydrogens is 236 g/mol. The Labute approximate surface area is 104 Å². The molecule has 0 fully saturated rings. The Kier molecular flexibility index (Phi) is 2.90. The lowest BCUT2D eigenvalue weighted by Gasteiger charge is -2.28. The Morgan fingerprint density at radius 2 is 2.00 bits per heavy atom. The molecule has 1 atom stereocenters. The molecule has 0 saturated carbocycles. The first-order valence-electron chi connectivity index (χ1n) is 5.55. The van der Waals surface area contributed by atoms with Crippen molar-refractivity contribution in [2.24, 2.45) is 5.41 Å². The minimum atomic E-state index is -1.91. The molecule has 0 radical (unpaired) electrons. The van der Waals surface area contributed by atoms with Crippen LogP contribution in [0.1, 0.15) is 24.2 Å². The second kappa shape index (κ2) is 4.25. The van der Waals surface area contributed by atoms with Gasteiger partial charge in [0.05, 0.1) is 12.2 Å². The van der Waals surface area contributed by atoms with E-state index in [1.807, 2.05) is 0 Å². The predicted octanol–water partition coefficient (Wildman–Crippen LogP) is 1.36. The van der Waals surface area contributed by atoms with Gasteiger partial charge in [0.1, 0.15) is 5.75 Å². The third-order valence-corrected chi connectivity index (χ3v) is 2.88. The van der Waals surface area contributed by atoms with Crippen molar-refractivity contribution in [1.29, 1.82) is 0 Å². The first-order valence-corrected chi connectivity index (χ1v) is 5.55. The Morgan fingerprint density at radius 3 is 2.67 bits per heavy atom. The van der Waals surface area contributed by atoms with Crippen molar-refractivity contribution in [2.45, 2.75) is 13.8 Å². The summed E-state index contributed by atoms with van der Waals surface area (Å²) in [5.41, 5.74) is -1.70. The van der Waals surface area contributed by atoms with Gasteiger partial charge < -0.3 is 9.47 Å². The molecule has 0 saturated heterocycles. The first kappa shape index (κ1) is 12.3. The van der Waals surface area contributed by atoms with E-state index in [4.69, 9.17) is 9.47 Å². The quantitative estimate of drug-likeness (QED) is 0.449. The lowest BCUT2D eigenvalue weighted by molar-refractivity contribution is -0.162. The fourth-order valence-corrected chi connectivity index (χ4v) is 1.76. The van der Waals surface area contributed by atoms with E-state index in [0.717, 1.165) is 0 Å². The molecule has 0 amide bonds. The summed E-state index contributed by atoms with van der Waals surface area (Å²) in [5.74, 6) is -2.19. The summed E-state index contributed by atoms with van der Waals surface area (Å²) >= 11 is 0. The molecule has 0 N–H and O–H groups in total. The number of para-hydroxylation sites is 1. The molecule has 2 rings (SSSR count). The van der Waals surface area contributed by atoms with E-state index in [0.29, 0.717) is 0 Å². The molecule has 0 bridgehead atoms. The van der Waals surface area contributed by atoms with Crippen molar-refractivity contribution in [3.8, 4) is 5.75 Å². The Bertz CT molecular complexity index is 534. The van der Waals surface area contributed by atoms with Crippen molar-refractivity contribution in [1.82, 2.24) is 0 Å². The van der Waals surface area contributed by atoms with Crippen LogP contribution < -0.4 is 4.74 Å². The number of hydrogen-bond acceptors (Lipinski definition) is 5. The number of esters is 2. The standard InChI is InChI=1S/C13H12O5/c1-3-17-11(15)13(2)10(14)8-6-4-5-7-9(8)18-12(13)16/h4-7H,3H2,1-2H3. The highest BCUT2D eigenvalue weighted by Gasteiger charge is 2.55. The van der Waals surface area contributed by atoms with Crippen LogP contribution >= 0.6 is 0 Å². The number of fused-ring (bicyclic) bond motifs is 1. The predicted molar refractivity (Wildman–Crippen MR) is 61.1 cm³/mol. The smallest absolute Gasteiger partial charge is 0.336 e. The van der Waals surface area contributed by atoms with Gasteiger partial charge in [0.15, 0.2) is 5.78 Å². The zero-order chi connectivity index (χ0) is 13.3. The van der Waals surface area contributed by atoms with Crippen LogP contribution in [0.4, 0.5) is 0 Å². The van der Waals surface area contributed by atoms with Crippen molar-refractivity contribution in [2.75, 3.05) is 6.61 Å². The van der Waals surface area contributed by atoms with Gasteiger partial charge in [-0.1, -0.05) is 12.1 Å². The molecule has 5 heteroatoms. The second-order valence-electron chi connectivity index (χ2n) is 4.06. The monoisotopic (exact) mass is 248 g/mol. The van der Waals surface area contributed by atoms with Gasteiger partial charge >= 0.3 is 11.9 Å². The van der Waals surface area contributed by atoms with Gasteiger partial charge in [-0.3, -0.25) is 9.59 Å². The molecule has 0 spiro atoms. The second-order valence-corrected chi connectivity index (χ2v) is 4.06. The maximum atomic E-state index is 12.3. The van der Waals surface area contributed by atoms with E-state index >= 15 is 0 Å². The molecule has 1 aromatic carbocycles. The maximum Gasteiger partial charge on any atom is 0.336 e. The van der Waals surface area contributed by atoms with Gasteiger partial charge in [0.2, 0.25) is 5.41 Å². The van der Waals surface area contributed by atoms with Gasteiger partial charge in [0.25, 0.3) is 0 Å².